The normalized spacial score (nSPS) is 37.2. The van der Waals surface area contributed by atoms with Crippen molar-refractivity contribution in [3.63, 3.8) is 0 Å². The van der Waals surface area contributed by atoms with Crippen molar-refractivity contribution in [3.8, 4) is 0 Å². The molecule has 0 aromatic heterocycles. The Labute approximate surface area is 95.4 Å². The van der Waals surface area contributed by atoms with Gasteiger partial charge < -0.3 is 19.5 Å². The van der Waals surface area contributed by atoms with E-state index in [-0.39, 0.29) is 24.3 Å². The second-order valence-electron chi connectivity index (χ2n) is 4.78. The van der Waals surface area contributed by atoms with Crippen molar-refractivity contribution < 1.29 is 19.0 Å². The summed E-state index contributed by atoms with van der Waals surface area (Å²) in [6, 6.07) is -0.0918. The molecule has 0 aromatic carbocycles. The molecule has 5 heteroatoms. The quantitative estimate of drug-likeness (QED) is 0.795. The van der Waals surface area contributed by atoms with Gasteiger partial charge >= 0.3 is 6.09 Å². The van der Waals surface area contributed by atoms with Crippen LogP contribution < -0.4 is 5.32 Å². The van der Waals surface area contributed by atoms with Crippen LogP contribution >= 0.6 is 0 Å². The van der Waals surface area contributed by atoms with Crippen LogP contribution in [-0.4, -0.2) is 36.7 Å². The summed E-state index contributed by atoms with van der Waals surface area (Å²) in [7, 11) is 0. The van der Waals surface area contributed by atoms with Gasteiger partial charge in [0.15, 0.2) is 5.79 Å². The highest BCUT2D eigenvalue weighted by molar-refractivity contribution is 5.69. The Morgan fingerprint density at radius 1 is 1.44 bits per heavy atom. The SMILES string of the molecule is CCC[C@H]1OC(C)(C)O[C@H]1[C@@H]1COC(=O)N1. The van der Waals surface area contributed by atoms with Crippen molar-refractivity contribution in [2.24, 2.45) is 0 Å². The zero-order chi connectivity index (χ0) is 11.8. The second-order valence-corrected chi connectivity index (χ2v) is 4.78. The summed E-state index contributed by atoms with van der Waals surface area (Å²) in [6.07, 6.45) is 1.52. The molecule has 2 heterocycles. The van der Waals surface area contributed by atoms with Gasteiger partial charge in [-0.2, -0.15) is 0 Å². The number of carbonyl (C=O) groups excluding carboxylic acids is 1. The monoisotopic (exact) mass is 229 g/mol. The van der Waals surface area contributed by atoms with E-state index in [0.717, 1.165) is 12.8 Å². The number of ether oxygens (including phenoxy) is 3. The number of alkyl carbamates (subject to hydrolysis) is 1. The molecule has 16 heavy (non-hydrogen) atoms. The highest BCUT2D eigenvalue weighted by Gasteiger charge is 2.46. The molecule has 0 aliphatic carbocycles. The maximum absolute atomic E-state index is 11.0. The van der Waals surface area contributed by atoms with E-state index < -0.39 is 5.79 Å². The minimum Gasteiger partial charge on any atom is -0.447 e. The molecule has 0 aromatic rings. The molecule has 0 spiro atoms. The van der Waals surface area contributed by atoms with Gasteiger partial charge in [0, 0.05) is 0 Å². The molecule has 3 atom stereocenters. The lowest BCUT2D eigenvalue weighted by Crippen LogP contribution is -2.43. The summed E-state index contributed by atoms with van der Waals surface area (Å²) in [5.74, 6) is -0.572. The molecule has 2 aliphatic rings. The average molecular weight is 229 g/mol. The van der Waals surface area contributed by atoms with Crippen LogP contribution in [0, 0.1) is 0 Å². The molecule has 1 amide bonds. The number of carbonyl (C=O) groups is 1. The fraction of sp³-hybridized carbons (Fsp3) is 0.909. The maximum Gasteiger partial charge on any atom is 0.407 e. The van der Waals surface area contributed by atoms with Crippen LogP contribution in [0.1, 0.15) is 33.6 Å². The summed E-state index contributed by atoms with van der Waals surface area (Å²) in [5, 5.41) is 2.76. The summed E-state index contributed by atoms with van der Waals surface area (Å²) < 4.78 is 16.5. The topological polar surface area (TPSA) is 56.8 Å². The van der Waals surface area contributed by atoms with E-state index in [1.807, 2.05) is 13.8 Å². The van der Waals surface area contributed by atoms with E-state index in [2.05, 4.69) is 12.2 Å². The zero-order valence-corrected chi connectivity index (χ0v) is 9.99. The summed E-state index contributed by atoms with van der Waals surface area (Å²) in [6.45, 7) is 6.26. The smallest absolute Gasteiger partial charge is 0.407 e. The van der Waals surface area contributed by atoms with Crippen molar-refractivity contribution in [2.45, 2.75) is 57.6 Å². The van der Waals surface area contributed by atoms with Crippen molar-refractivity contribution in [1.29, 1.82) is 0 Å². The minimum absolute atomic E-state index is 0.0343. The van der Waals surface area contributed by atoms with Crippen LogP contribution in [0.25, 0.3) is 0 Å². The van der Waals surface area contributed by atoms with Crippen molar-refractivity contribution in [2.75, 3.05) is 6.61 Å². The van der Waals surface area contributed by atoms with E-state index >= 15 is 0 Å². The van der Waals surface area contributed by atoms with E-state index in [9.17, 15) is 4.79 Å². The Hall–Kier alpha value is -0.810. The maximum atomic E-state index is 11.0. The number of rotatable bonds is 3. The van der Waals surface area contributed by atoms with Crippen LogP contribution in [0.2, 0.25) is 0 Å². The summed E-state index contributed by atoms with van der Waals surface area (Å²) in [5.41, 5.74) is 0. The highest BCUT2D eigenvalue weighted by atomic mass is 16.8. The van der Waals surface area contributed by atoms with Crippen LogP contribution in [0.15, 0.2) is 0 Å². The van der Waals surface area contributed by atoms with Gasteiger partial charge in [-0.15, -0.1) is 0 Å². The number of cyclic esters (lactones) is 1. The lowest BCUT2D eigenvalue weighted by molar-refractivity contribution is -0.148. The first-order chi connectivity index (χ1) is 7.52. The van der Waals surface area contributed by atoms with Gasteiger partial charge in [0.25, 0.3) is 0 Å². The first kappa shape index (κ1) is 11.7. The molecule has 2 saturated heterocycles. The largest absolute Gasteiger partial charge is 0.447 e. The standard InChI is InChI=1S/C11H19NO4/c1-4-5-8-9(16-11(2,3)15-8)7-6-14-10(13)12-7/h7-9H,4-6H2,1-3H3,(H,12,13)/t7-,8+,9-/m0/s1. The van der Waals surface area contributed by atoms with Crippen LogP contribution in [0.4, 0.5) is 4.79 Å². The molecule has 92 valence electrons. The van der Waals surface area contributed by atoms with Crippen LogP contribution in [-0.2, 0) is 14.2 Å². The molecule has 0 saturated carbocycles. The molecule has 2 fully saturated rings. The van der Waals surface area contributed by atoms with Gasteiger partial charge in [0.05, 0.1) is 12.1 Å². The molecule has 0 bridgehead atoms. The predicted octanol–water partition coefficient (Wildman–Crippen LogP) is 1.41. The molecule has 2 aliphatic heterocycles. The second kappa shape index (κ2) is 4.22. The molecule has 0 unspecified atom stereocenters. The number of hydrogen-bond acceptors (Lipinski definition) is 4. The Morgan fingerprint density at radius 2 is 2.19 bits per heavy atom. The van der Waals surface area contributed by atoms with Crippen molar-refractivity contribution in [3.05, 3.63) is 0 Å². The van der Waals surface area contributed by atoms with Gasteiger partial charge in [-0.1, -0.05) is 13.3 Å². The van der Waals surface area contributed by atoms with Crippen LogP contribution in [0.3, 0.4) is 0 Å². The third-order valence-electron chi connectivity index (χ3n) is 2.89. The highest BCUT2D eigenvalue weighted by Crippen LogP contribution is 2.33. The molecule has 0 radical (unpaired) electrons. The Morgan fingerprint density at radius 3 is 2.75 bits per heavy atom. The van der Waals surface area contributed by atoms with E-state index in [1.165, 1.54) is 0 Å². The third-order valence-corrected chi connectivity index (χ3v) is 2.89. The van der Waals surface area contributed by atoms with Crippen molar-refractivity contribution >= 4 is 6.09 Å². The summed E-state index contributed by atoms with van der Waals surface area (Å²) >= 11 is 0. The van der Waals surface area contributed by atoms with Gasteiger partial charge in [0.1, 0.15) is 12.7 Å². The van der Waals surface area contributed by atoms with Crippen molar-refractivity contribution in [1.82, 2.24) is 5.32 Å². The molecule has 2 rings (SSSR count). The first-order valence-electron chi connectivity index (χ1n) is 5.81. The summed E-state index contributed by atoms with van der Waals surface area (Å²) in [4.78, 5) is 11.0. The van der Waals surface area contributed by atoms with Crippen LogP contribution in [0.5, 0.6) is 0 Å². The van der Waals surface area contributed by atoms with Gasteiger partial charge in [-0.3, -0.25) is 0 Å². The fourth-order valence-corrected chi connectivity index (χ4v) is 2.29. The number of nitrogens with one attached hydrogen (secondary N) is 1. The molecular weight excluding hydrogens is 210 g/mol. The van der Waals surface area contributed by atoms with E-state index in [0.29, 0.717) is 6.61 Å². The predicted molar refractivity (Wildman–Crippen MR) is 57.0 cm³/mol. The van der Waals surface area contributed by atoms with Gasteiger partial charge in [-0.25, -0.2) is 4.79 Å². The Balaban J connectivity index is 2.03. The number of hydrogen-bond donors (Lipinski definition) is 1. The number of amides is 1. The zero-order valence-electron chi connectivity index (χ0n) is 9.99. The third kappa shape index (κ3) is 2.30. The minimum atomic E-state index is -0.572. The van der Waals surface area contributed by atoms with E-state index in [4.69, 9.17) is 14.2 Å². The lowest BCUT2D eigenvalue weighted by Gasteiger charge is -2.20. The molecular formula is C11H19NO4. The average Bonchev–Trinajstić information content (AvgIpc) is 2.71. The Kier molecular flexibility index (Phi) is 3.08. The Bertz CT molecular complexity index is 279. The fourth-order valence-electron chi connectivity index (χ4n) is 2.29. The first-order valence-corrected chi connectivity index (χ1v) is 5.81. The lowest BCUT2D eigenvalue weighted by atomic mass is 10.0. The molecule has 1 N–H and O–H groups in total. The van der Waals surface area contributed by atoms with E-state index in [1.54, 1.807) is 0 Å². The van der Waals surface area contributed by atoms with Gasteiger partial charge in [-0.05, 0) is 20.3 Å². The van der Waals surface area contributed by atoms with Gasteiger partial charge in [0.2, 0.25) is 0 Å². The molecule has 5 nitrogen and oxygen atoms in total.